The van der Waals surface area contributed by atoms with Crippen molar-refractivity contribution >= 4 is 0 Å². The number of aliphatic hydroxyl groups is 1. The van der Waals surface area contributed by atoms with Crippen molar-refractivity contribution in [2.24, 2.45) is 0 Å². The highest BCUT2D eigenvalue weighted by Gasteiger charge is 2.47. The standard InChI is InChI=1S/C17H24O/c1-3-4-12-16(2,15-10-6-5-7-11-15)17(18)13-8-9-14-17/h4-7,10-12,18H,3,8-9,13-14H2,1-2H3/b12-4+. The molecular formula is C17H24O. The third-order valence-corrected chi connectivity index (χ3v) is 4.46. The molecule has 18 heavy (non-hydrogen) atoms. The Bertz CT molecular complexity index is 401. The minimum absolute atomic E-state index is 0.263. The normalized spacial score (nSPS) is 22.2. The molecule has 1 fully saturated rings. The molecule has 2 rings (SSSR count). The van der Waals surface area contributed by atoms with E-state index in [4.69, 9.17) is 0 Å². The maximum absolute atomic E-state index is 11.0. The van der Waals surface area contributed by atoms with Gasteiger partial charge in [0.25, 0.3) is 0 Å². The van der Waals surface area contributed by atoms with Crippen LogP contribution in [0.2, 0.25) is 0 Å². The van der Waals surface area contributed by atoms with Gasteiger partial charge in [-0.2, -0.15) is 0 Å². The minimum atomic E-state index is -0.583. The average molecular weight is 244 g/mol. The van der Waals surface area contributed by atoms with Crippen LogP contribution < -0.4 is 0 Å². The van der Waals surface area contributed by atoms with Gasteiger partial charge in [-0.05, 0) is 31.7 Å². The van der Waals surface area contributed by atoms with Gasteiger partial charge in [-0.25, -0.2) is 0 Å². The van der Waals surface area contributed by atoms with Gasteiger partial charge in [0.2, 0.25) is 0 Å². The predicted molar refractivity (Wildman–Crippen MR) is 76.6 cm³/mol. The van der Waals surface area contributed by atoms with E-state index in [2.05, 4.69) is 50.3 Å². The Morgan fingerprint density at radius 3 is 2.39 bits per heavy atom. The molecule has 1 N–H and O–H groups in total. The van der Waals surface area contributed by atoms with E-state index >= 15 is 0 Å². The fourth-order valence-corrected chi connectivity index (χ4v) is 3.14. The molecule has 1 aliphatic carbocycles. The van der Waals surface area contributed by atoms with E-state index in [1.165, 1.54) is 5.56 Å². The van der Waals surface area contributed by atoms with Gasteiger partial charge in [0.15, 0.2) is 0 Å². The minimum Gasteiger partial charge on any atom is -0.389 e. The van der Waals surface area contributed by atoms with Crippen molar-refractivity contribution in [3.8, 4) is 0 Å². The number of rotatable bonds is 4. The van der Waals surface area contributed by atoms with Crippen LogP contribution in [0.4, 0.5) is 0 Å². The molecule has 0 saturated heterocycles. The van der Waals surface area contributed by atoms with Gasteiger partial charge >= 0.3 is 0 Å². The molecule has 1 aliphatic rings. The summed E-state index contributed by atoms with van der Waals surface area (Å²) < 4.78 is 0. The Morgan fingerprint density at radius 1 is 1.22 bits per heavy atom. The number of hydrogen-bond donors (Lipinski definition) is 1. The molecular weight excluding hydrogens is 220 g/mol. The zero-order valence-corrected chi connectivity index (χ0v) is 11.5. The monoisotopic (exact) mass is 244 g/mol. The van der Waals surface area contributed by atoms with Crippen molar-refractivity contribution < 1.29 is 5.11 Å². The van der Waals surface area contributed by atoms with Crippen molar-refractivity contribution in [3.63, 3.8) is 0 Å². The first-order valence-electron chi connectivity index (χ1n) is 7.08. The van der Waals surface area contributed by atoms with Gasteiger partial charge in [-0.1, -0.05) is 62.2 Å². The molecule has 1 aromatic carbocycles. The second-order valence-corrected chi connectivity index (χ2v) is 5.62. The molecule has 1 heteroatoms. The van der Waals surface area contributed by atoms with Crippen LogP contribution in [0.15, 0.2) is 42.5 Å². The second-order valence-electron chi connectivity index (χ2n) is 5.62. The van der Waals surface area contributed by atoms with Crippen LogP contribution in [0.5, 0.6) is 0 Å². The molecule has 0 aliphatic heterocycles. The van der Waals surface area contributed by atoms with Gasteiger partial charge in [0.1, 0.15) is 0 Å². The molecule has 1 aromatic rings. The highest BCUT2D eigenvalue weighted by molar-refractivity contribution is 5.35. The third-order valence-electron chi connectivity index (χ3n) is 4.46. The summed E-state index contributed by atoms with van der Waals surface area (Å²) in [6, 6.07) is 10.4. The summed E-state index contributed by atoms with van der Waals surface area (Å²) in [5.74, 6) is 0. The summed E-state index contributed by atoms with van der Waals surface area (Å²) in [5, 5.41) is 11.0. The van der Waals surface area contributed by atoms with E-state index in [0.717, 1.165) is 32.1 Å². The molecule has 0 heterocycles. The Labute approximate surface area is 111 Å². The van der Waals surface area contributed by atoms with Crippen LogP contribution in [0.1, 0.15) is 51.5 Å². The largest absolute Gasteiger partial charge is 0.389 e. The van der Waals surface area contributed by atoms with E-state index in [9.17, 15) is 5.11 Å². The van der Waals surface area contributed by atoms with Gasteiger partial charge in [0, 0.05) is 5.41 Å². The van der Waals surface area contributed by atoms with Gasteiger partial charge < -0.3 is 5.11 Å². The lowest BCUT2D eigenvalue weighted by molar-refractivity contribution is -0.00707. The fourth-order valence-electron chi connectivity index (χ4n) is 3.14. The lowest BCUT2D eigenvalue weighted by Gasteiger charge is -2.41. The average Bonchev–Trinajstić information content (AvgIpc) is 2.85. The summed E-state index contributed by atoms with van der Waals surface area (Å²) in [5.41, 5.74) is 0.375. The summed E-state index contributed by atoms with van der Waals surface area (Å²) >= 11 is 0. The Kier molecular flexibility index (Phi) is 3.91. The molecule has 98 valence electrons. The summed E-state index contributed by atoms with van der Waals surface area (Å²) in [4.78, 5) is 0. The molecule has 0 spiro atoms. The van der Waals surface area contributed by atoms with E-state index in [1.54, 1.807) is 0 Å². The maximum atomic E-state index is 11.0. The molecule has 0 bridgehead atoms. The zero-order valence-electron chi connectivity index (χ0n) is 11.5. The molecule has 1 saturated carbocycles. The summed E-state index contributed by atoms with van der Waals surface area (Å²) in [6.45, 7) is 4.32. The van der Waals surface area contributed by atoms with Crippen LogP contribution in [0.3, 0.4) is 0 Å². The topological polar surface area (TPSA) is 20.2 Å². The first-order valence-corrected chi connectivity index (χ1v) is 7.08. The van der Waals surface area contributed by atoms with Crippen LogP contribution >= 0.6 is 0 Å². The van der Waals surface area contributed by atoms with Gasteiger partial charge in [-0.15, -0.1) is 0 Å². The Morgan fingerprint density at radius 2 is 1.83 bits per heavy atom. The van der Waals surface area contributed by atoms with Crippen LogP contribution in [0, 0.1) is 0 Å². The fraction of sp³-hybridized carbons (Fsp3) is 0.529. The van der Waals surface area contributed by atoms with Gasteiger partial charge in [0.05, 0.1) is 5.60 Å². The number of benzene rings is 1. The molecule has 1 atom stereocenters. The van der Waals surface area contributed by atoms with E-state index in [1.807, 2.05) is 6.07 Å². The van der Waals surface area contributed by atoms with Gasteiger partial charge in [-0.3, -0.25) is 0 Å². The van der Waals surface area contributed by atoms with Crippen molar-refractivity contribution in [2.75, 3.05) is 0 Å². The lowest BCUT2D eigenvalue weighted by Crippen LogP contribution is -2.46. The zero-order chi connectivity index (χ0) is 13.1. The van der Waals surface area contributed by atoms with Crippen molar-refractivity contribution in [1.29, 1.82) is 0 Å². The van der Waals surface area contributed by atoms with Crippen molar-refractivity contribution in [2.45, 2.75) is 57.0 Å². The SMILES string of the molecule is CC/C=C/C(C)(c1ccccc1)C1(O)CCCC1. The lowest BCUT2D eigenvalue weighted by atomic mass is 9.67. The molecule has 1 nitrogen and oxygen atoms in total. The molecule has 0 amide bonds. The summed E-state index contributed by atoms with van der Waals surface area (Å²) in [6.07, 6.45) is 9.51. The van der Waals surface area contributed by atoms with Crippen LogP contribution in [-0.4, -0.2) is 10.7 Å². The predicted octanol–water partition coefficient (Wildman–Crippen LogP) is 4.22. The highest BCUT2D eigenvalue weighted by Crippen LogP contribution is 2.46. The first kappa shape index (κ1) is 13.4. The second kappa shape index (κ2) is 5.27. The smallest absolute Gasteiger partial charge is 0.0775 e. The number of allylic oxidation sites excluding steroid dienone is 1. The van der Waals surface area contributed by atoms with Crippen molar-refractivity contribution in [3.05, 3.63) is 48.0 Å². The number of hydrogen-bond acceptors (Lipinski definition) is 1. The Balaban J connectivity index is 2.43. The van der Waals surface area contributed by atoms with E-state index in [-0.39, 0.29) is 5.41 Å². The summed E-state index contributed by atoms with van der Waals surface area (Å²) in [7, 11) is 0. The van der Waals surface area contributed by atoms with Crippen LogP contribution in [-0.2, 0) is 5.41 Å². The van der Waals surface area contributed by atoms with Crippen molar-refractivity contribution in [1.82, 2.24) is 0 Å². The van der Waals surface area contributed by atoms with Crippen LogP contribution in [0.25, 0.3) is 0 Å². The third kappa shape index (κ3) is 2.24. The maximum Gasteiger partial charge on any atom is 0.0775 e. The highest BCUT2D eigenvalue weighted by atomic mass is 16.3. The molecule has 1 unspecified atom stereocenters. The Hall–Kier alpha value is -1.08. The molecule has 0 aromatic heterocycles. The van der Waals surface area contributed by atoms with E-state index < -0.39 is 5.60 Å². The van der Waals surface area contributed by atoms with E-state index in [0.29, 0.717) is 0 Å². The molecule has 0 radical (unpaired) electrons. The first-order chi connectivity index (χ1) is 8.62. The quantitative estimate of drug-likeness (QED) is 0.786.